The zero-order valence-electron chi connectivity index (χ0n) is 24.8. The average Bonchev–Trinajstić information content (AvgIpc) is 3.10. The predicted octanol–water partition coefficient (Wildman–Crippen LogP) is 13.6. The van der Waals surface area contributed by atoms with Crippen molar-refractivity contribution in [1.29, 1.82) is 0 Å². The summed E-state index contributed by atoms with van der Waals surface area (Å²) in [5.41, 5.74) is 6.69. The van der Waals surface area contributed by atoms with Gasteiger partial charge in [0.15, 0.2) is 0 Å². The molecule has 0 aliphatic carbocycles. The molecule has 8 aromatic rings. The molecular weight excluding hydrogens is 692 g/mol. The molecule has 0 saturated carbocycles. The van der Waals surface area contributed by atoms with Crippen molar-refractivity contribution < 1.29 is 0 Å². The largest absolute Gasteiger partial charge is 0.310 e. The third kappa shape index (κ3) is 5.34. The van der Waals surface area contributed by atoms with Gasteiger partial charge < -0.3 is 9.80 Å². The predicted molar refractivity (Wildman–Crippen MR) is 204 cm³/mol. The van der Waals surface area contributed by atoms with Crippen molar-refractivity contribution in [3.05, 3.63) is 179 Å². The van der Waals surface area contributed by atoms with E-state index < -0.39 is 0 Å². The van der Waals surface area contributed by atoms with Crippen molar-refractivity contribution in [3.8, 4) is 0 Å². The zero-order valence-corrected chi connectivity index (χ0v) is 28.0. The van der Waals surface area contributed by atoms with Crippen LogP contribution < -0.4 is 9.80 Å². The minimum atomic E-state index is 1.08. The molecule has 0 N–H and O–H groups in total. The number of para-hydroxylation sites is 2. The highest BCUT2D eigenvalue weighted by Gasteiger charge is 2.21. The molecule has 8 aromatic carbocycles. The number of anilines is 6. The normalized spacial score (nSPS) is 11.3. The van der Waals surface area contributed by atoms with Crippen LogP contribution in [0.5, 0.6) is 0 Å². The summed E-state index contributed by atoms with van der Waals surface area (Å²) in [6.45, 7) is 0. The number of nitrogens with zero attached hydrogens (tertiary/aromatic N) is 2. The minimum Gasteiger partial charge on any atom is -0.310 e. The summed E-state index contributed by atoms with van der Waals surface area (Å²) in [5.74, 6) is 0. The average molecular weight is 721 g/mol. The first-order chi connectivity index (χ1) is 22.6. The van der Waals surface area contributed by atoms with Crippen LogP contribution in [0.15, 0.2) is 179 Å². The molecule has 46 heavy (non-hydrogen) atoms. The standard InChI is InChI=1S/C42H28Br2N2/c43-33-19-15-31-27-37(21-17-29(31)25-33)45(35-9-3-1-4-10-35)41-23-24-42(40-14-8-7-13-39(40)41)46(36-11-5-2-6-12-36)38-22-18-30-26-34(44)20-16-32(30)28-38/h1-28H. The summed E-state index contributed by atoms with van der Waals surface area (Å²) in [6, 6.07) is 60.8. The van der Waals surface area contributed by atoms with Gasteiger partial charge in [0.2, 0.25) is 0 Å². The fraction of sp³-hybridized carbons (Fsp3) is 0. The van der Waals surface area contributed by atoms with Gasteiger partial charge in [0.25, 0.3) is 0 Å². The maximum Gasteiger partial charge on any atom is 0.0541 e. The van der Waals surface area contributed by atoms with Crippen LogP contribution in [0, 0.1) is 0 Å². The van der Waals surface area contributed by atoms with Crippen LogP contribution in [-0.4, -0.2) is 0 Å². The molecule has 2 nitrogen and oxygen atoms in total. The molecule has 220 valence electrons. The summed E-state index contributed by atoms with van der Waals surface area (Å²) in [6.07, 6.45) is 0. The second-order valence-electron chi connectivity index (χ2n) is 11.3. The Morgan fingerprint density at radius 3 is 1.11 bits per heavy atom. The molecule has 0 aliphatic heterocycles. The molecule has 0 fully saturated rings. The monoisotopic (exact) mass is 718 g/mol. The molecule has 0 unspecified atom stereocenters. The molecule has 0 atom stereocenters. The Kier molecular flexibility index (Phi) is 7.53. The molecular formula is C42H28Br2N2. The third-order valence-corrected chi connectivity index (χ3v) is 9.46. The van der Waals surface area contributed by atoms with Crippen LogP contribution in [0.1, 0.15) is 0 Å². The van der Waals surface area contributed by atoms with Crippen LogP contribution >= 0.6 is 31.9 Å². The lowest BCUT2D eigenvalue weighted by atomic mass is 10.0. The summed E-state index contributed by atoms with van der Waals surface area (Å²) in [7, 11) is 0. The second-order valence-corrected chi connectivity index (χ2v) is 13.2. The lowest BCUT2D eigenvalue weighted by molar-refractivity contribution is 1.28. The number of hydrogen-bond donors (Lipinski definition) is 0. The van der Waals surface area contributed by atoms with E-state index in [0.717, 1.165) is 43.1 Å². The Balaban J connectivity index is 1.35. The fourth-order valence-electron chi connectivity index (χ4n) is 6.35. The maximum absolute atomic E-state index is 3.63. The number of fused-ring (bicyclic) bond motifs is 3. The minimum absolute atomic E-state index is 1.08. The Hall–Kier alpha value is -4.90. The van der Waals surface area contributed by atoms with Crippen molar-refractivity contribution in [2.75, 3.05) is 9.80 Å². The summed E-state index contributed by atoms with van der Waals surface area (Å²) < 4.78 is 2.16. The fourth-order valence-corrected chi connectivity index (χ4v) is 7.11. The van der Waals surface area contributed by atoms with E-state index in [-0.39, 0.29) is 0 Å². The van der Waals surface area contributed by atoms with Gasteiger partial charge in [0.1, 0.15) is 0 Å². The molecule has 0 radical (unpaired) electrons. The van der Waals surface area contributed by atoms with Crippen molar-refractivity contribution >= 4 is 98.3 Å². The Labute approximate surface area is 285 Å². The van der Waals surface area contributed by atoms with E-state index in [9.17, 15) is 0 Å². The number of benzene rings is 8. The van der Waals surface area contributed by atoms with Gasteiger partial charge >= 0.3 is 0 Å². The van der Waals surface area contributed by atoms with Crippen LogP contribution in [0.25, 0.3) is 32.3 Å². The smallest absolute Gasteiger partial charge is 0.0541 e. The first-order valence-electron chi connectivity index (χ1n) is 15.2. The maximum atomic E-state index is 3.63. The highest BCUT2D eigenvalue weighted by atomic mass is 79.9. The van der Waals surface area contributed by atoms with Crippen molar-refractivity contribution in [2.24, 2.45) is 0 Å². The molecule has 8 rings (SSSR count). The zero-order chi connectivity index (χ0) is 31.0. The molecule has 4 heteroatoms. The Morgan fingerprint density at radius 2 is 0.674 bits per heavy atom. The Morgan fingerprint density at radius 1 is 0.304 bits per heavy atom. The number of hydrogen-bond acceptors (Lipinski definition) is 2. The first kappa shape index (κ1) is 28.6. The van der Waals surface area contributed by atoms with Crippen molar-refractivity contribution in [2.45, 2.75) is 0 Å². The van der Waals surface area contributed by atoms with E-state index in [2.05, 4.69) is 212 Å². The van der Waals surface area contributed by atoms with Crippen molar-refractivity contribution in [3.63, 3.8) is 0 Å². The van der Waals surface area contributed by atoms with Crippen molar-refractivity contribution in [1.82, 2.24) is 0 Å². The number of rotatable bonds is 6. The van der Waals surface area contributed by atoms with Crippen LogP contribution in [0.3, 0.4) is 0 Å². The second kappa shape index (κ2) is 12.1. The lowest BCUT2D eigenvalue weighted by Crippen LogP contribution is -2.13. The van der Waals surface area contributed by atoms with E-state index in [4.69, 9.17) is 0 Å². The van der Waals surface area contributed by atoms with Gasteiger partial charge in [0, 0.05) is 42.5 Å². The first-order valence-corrected chi connectivity index (χ1v) is 16.8. The molecule has 0 spiro atoms. The van der Waals surface area contributed by atoms with E-state index in [1.165, 1.54) is 32.3 Å². The quantitative estimate of drug-likeness (QED) is 0.169. The van der Waals surface area contributed by atoms with Gasteiger partial charge in [-0.05, 0) is 106 Å². The summed E-state index contributed by atoms with van der Waals surface area (Å²) >= 11 is 7.26. The van der Waals surface area contributed by atoms with Gasteiger partial charge in [-0.25, -0.2) is 0 Å². The highest BCUT2D eigenvalue weighted by molar-refractivity contribution is 9.10. The van der Waals surface area contributed by atoms with Crippen LogP contribution in [0.2, 0.25) is 0 Å². The van der Waals surface area contributed by atoms with Gasteiger partial charge in [-0.15, -0.1) is 0 Å². The van der Waals surface area contributed by atoms with E-state index >= 15 is 0 Å². The SMILES string of the molecule is Brc1ccc2cc(N(c3ccccc3)c3ccc(N(c4ccccc4)c4ccc5cc(Br)ccc5c4)c4ccccc34)ccc2c1. The van der Waals surface area contributed by atoms with E-state index in [0.29, 0.717) is 0 Å². The summed E-state index contributed by atoms with van der Waals surface area (Å²) in [5, 5.41) is 7.14. The molecule has 0 heterocycles. The van der Waals surface area contributed by atoms with Gasteiger partial charge in [-0.2, -0.15) is 0 Å². The van der Waals surface area contributed by atoms with Gasteiger partial charge in [-0.3, -0.25) is 0 Å². The van der Waals surface area contributed by atoms with Gasteiger partial charge in [0.05, 0.1) is 11.4 Å². The van der Waals surface area contributed by atoms with Crippen LogP contribution in [-0.2, 0) is 0 Å². The summed E-state index contributed by atoms with van der Waals surface area (Å²) in [4.78, 5) is 4.74. The molecule has 0 bridgehead atoms. The molecule has 0 amide bonds. The molecule has 0 saturated heterocycles. The molecule has 0 aliphatic rings. The van der Waals surface area contributed by atoms with Gasteiger partial charge in [-0.1, -0.05) is 117 Å². The highest BCUT2D eigenvalue weighted by Crippen LogP contribution is 2.46. The Bertz CT molecular complexity index is 2190. The lowest BCUT2D eigenvalue weighted by Gasteiger charge is -2.31. The van der Waals surface area contributed by atoms with E-state index in [1.807, 2.05) is 0 Å². The third-order valence-electron chi connectivity index (χ3n) is 8.48. The van der Waals surface area contributed by atoms with Crippen LogP contribution in [0.4, 0.5) is 34.1 Å². The topological polar surface area (TPSA) is 6.48 Å². The van der Waals surface area contributed by atoms with E-state index in [1.54, 1.807) is 0 Å². The number of halogens is 2. The molecule has 0 aromatic heterocycles.